The van der Waals surface area contributed by atoms with Crippen molar-refractivity contribution in [2.45, 2.75) is 123 Å². The van der Waals surface area contributed by atoms with Gasteiger partial charge in [0.1, 0.15) is 47.0 Å². The van der Waals surface area contributed by atoms with Gasteiger partial charge in [0.15, 0.2) is 5.13 Å². The van der Waals surface area contributed by atoms with E-state index in [4.69, 9.17) is 23.9 Å². The fourth-order valence-corrected chi connectivity index (χ4v) is 8.81. The number of likely N-dealkylation sites (tertiary alicyclic amines) is 1. The second-order valence-electron chi connectivity index (χ2n) is 18.4. The molecule has 3 heterocycles. The molecule has 4 amide bonds. The standard InChI is InChI=1S/C44H58N6O9S/c1-11-25-20-44(25,39(54)57-10)49-37(52)31-18-27(22-50(31)38(53)36(43(6,7)8)48-41(55)59-26-14-12-13-15-26)58-33-19-29(45-35-24(2)32(56-9)17-16-28(33)35)30-23-60-40(46-30)47-34(51)21-42(3,4)5/h11,16-17,19,23,25-27,31,36H,1,12-15,18,20-22H2,2-10H3,(H,48,55)(H,49,52)(H,46,47,51)/t25-,27-,31+,36-,44-/m1/s1. The highest BCUT2D eigenvalue weighted by Gasteiger charge is 2.62. The normalized spacial score (nSPS) is 22.1. The zero-order valence-corrected chi connectivity index (χ0v) is 36.9. The maximum Gasteiger partial charge on any atom is 0.408 e. The van der Waals surface area contributed by atoms with Crippen molar-refractivity contribution < 1.29 is 42.9 Å². The molecule has 3 N–H and O–H groups in total. The highest BCUT2D eigenvalue weighted by Crippen LogP contribution is 2.46. The Bertz CT molecular complexity index is 2150. The Balaban J connectivity index is 1.34. The van der Waals surface area contributed by atoms with Crippen LogP contribution in [-0.4, -0.2) is 95.2 Å². The molecule has 3 aromatic rings. The number of rotatable bonds is 13. The summed E-state index contributed by atoms with van der Waals surface area (Å²) in [4.78, 5) is 79.1. The summed E-state index contributed by atoms with van der Waals surface area (Å²) in [5, 5.41) is 11.5. The Hall–Kier alpha value is -5.25. The molecule has 5 atom stereocenters. The molecule has 60 heavy (non-hydrogen) atoms. The molecule has 2 aromatic heterocycles. The number of anilines is 1. The summed E-state index contributed by atoms with van der Waals surface area (Å²) in [6, 6.07) is 3.27. The molecule has 6 rings (SSSR count). The summed E-state index contributed by atoms with van der Waals surface area (Å²) in [6.45, 7) is 17.1. The van der Waals surface area contributed by atoms with E-state index in [9.17, 15) is 24.0 Å². The van der Waals surface area contributed by atoms with E-state index in [1.54, 1.807) is 24.6 Å². The Kier molecular flexibility index (Phi) is 12.8. The third-order valence-corrected chi connectivity index (χ3v) is 12.1. The number of aryl methyl sites for hydroxylation is 1. The fraction of sp³-hybridized carbons (Fsp3) is 0.568. The number of carbonyl (C=O) groups is 5. The molecule has 0 unspecified atom stereocenters. The lowest BCUT2D eigenvalue weighted by molar-refractivity contribution is -0.148. The monoisotopic (exact) mass is 846 g/mol. The number of hydrogen-bond acceptors (Lipinski definition) is 12. The Morgan fingerprint density at radius 3 is 2.35 bits per heavy atom. The van der Waals surface area contributed by atoms with Crippen molar-refractivity contribution in [3.8, 4) is 22.9 Å². The maximum atomic E-state index is 14.7. The molecule has 1 aromatic carbocycles. The number of nitrogens with zero attached hydrogens (tertiary/aromatic N) is 3. The molecule has 2 saturated carbocycles. The van der Waals surface area contributed by atoms with Crippen molar-refractivity contribution in [1.82, 2.24) is 25.5 Å². The second-order valence-corrected chi connectivity index (χ2v) is 19.2. The van der Waals surface area contributed by atoms with Gasteiger partial charge in [-0.3, -0.25) is 14.4 Å². The first-order chi connectivity index (χ1) is 28.3. The summed E-state index contributed by atoms with van der Waals surface area (Å²) >= 11 is 1.28. The van der Waals surface area contributed by atoms with Crippen LogP contribution in [0.3, 0.4) is 0 Å². The number of pyridine rings is 1. The van der Waals surface area contributed by atoms with E-state index in [1.807, 2.05) is 60.6 Å². The van der Waals surface area contributed by atoms with Crippen LogP contribution < -0.4 is 25.4 Å². The summed E-state index contributed by atoms with van der Waals surface area (Å²) < 4.78 is 23.2. The third kappa shape index (κ3) is 9.69. The molecule has 16 heteroatoms. The number of fused-ring (bicyclic) bond motifs is 1. The van der Waals surface area contributed by atoms with Crippen LogP contribution in [0.5, 0.6) is 11.5 Å². The number of amides is 4. The molecular formula is C44H58N6O9S. The fourth-order valence-electron chi connectivity index (χ4n) is 8.09. The van der Waals surface area contributed by atoms with Gasteiger partial charge in [0.25, 0.3) is 0 Å². The van der Waals surface area contributed by atoms with Crippen LogP contribution in [0.1, 0.15) is 92.1 Å². The number of hydrogen-bond donors (Lipinski definition) is 3. The largest absolute Gasteiger partial charge is 0.496 e. The minimum absolute atomic E-state index is 0.0199. The summed E-state index contributed by atoms with van der Waals surface area (Å²) in [5.41, 5.74) is 0.0485. The van der Waals surface area contributed by atoms with E-state index in [0.29, 0.717) is 51.8 Å². The average Bonchev–Trinajstić information content (AvgIpc) is 3.60. The van der Waals surface area contributed by atoms with Gasteiger partial charge in [-0.05, 0) is 62.0 Å². The summed E-state index contributed by atoms with van der Waals surface area (Å²) in [5.74, 6) is -1.11. The zero-order chi connectivity index (χ0) is 43.7. The van der Waals surface area contributed by atoms with E-state index in [-0.39, 0.29) is 36.3 Å². The molecule has 1 aliphatic heterocycles. The SMILES string of the molecule is C=C[C@@H]1C[C@]1(NC(=O)[C@@H]1C[C@@H](Oc2cc(-c3csc(NC(=O)CC(C)(C)C)n3)nc3c(C)c(OC)ccc23)CN1C(=O)[C@@H](NC(=O)OC1CCCC1)C(C)(C)C)C(=O)OC. The summed E-state index contributed by atoms with van der Waals surface area (Å²) in [7, 11) is 2.84. The van der Waals surface area contributed by atoms with Gasteiger partial charge in [0.05, 0.1) is 32.0 Å². The number of ether oxygens (including phenoxy) is 4. The lowest BCUT2D eigenvalue weighted by atomic mass is 9.85. The van der Waals surface area contributed by atoms with Crippen LogP contribution in [0.4, 0.5) is 9.93 Å². The lowest BCUT2D eigenvalue weighted by Crippen LogP contribution is -2.59. The van der Waals surface area contributed by atoms with E-state index >= 15 is 0 Å². The average molecular weight is 847 g/mol. The summed E-state index contributed by atoms with van der Waals surface area (Å²) in [6.07, 6.45) is 4.11. The highest BCUT2D eigenvalue weighted by molar-refractivity contribution is 7.14. The molecular weight excluding hydrogens is 789 g/mol. The van der Waals surface area contributed by atoms with Crippen LogP contribution >= 0.6 is 11.3 Å². The highest BCUT2D eigenvalue weighted by atomic mass is 32.1. The van der Waals surface area contributed by atoms with Crippen molar-refractivity contribution in [2.24, 2.45) is 16.7 Å². The molecule has 3 fully saturated rings. The predicted octanol–water partition coefficient (Wildman–Crippen LogP) is 6.72. The van der Waals surface area contributed by atoms with E-state index in [1.165, 1.54) is 23.3 Å². The number of benzene rings is 1. The van der Waals surface area contributed by atoms with Crippen LogP contribution in [-0.2, 0) is 28.7 Å². The number of thiazole rings is 1. The van der Waals surface area contributed by atoms with Crippen molar-refractivity contribution in [1.29, 1.82) is 0 Å². The first kappa shape index (κ1) is 44.3. The van der Waals surface area contributed by atoms with Crippen LogP contribution in [0.2, 0.25) is 0 Å². The number of nitrogens with one attached hydrogen (secondary N) is 3. The minimum atomic E-state index is -1.31. The van der Waals surface area contributed by atoms with E-state index < -0.39 is 53.0 Å². The zero-order valence-electron chi connectivity index (χ0n) is 36.1. The van der Waals surface area contributed by atoms with Crippen LogP contribution in [0, 0.1) is 23.7 Å². The van der Waals surface area contributed by atoms with Gasteiger partial charge in [-0.25, -0.2) is 19.6 Å². The van der Waals surface area contributed by atoms with E-state index in [0.717, 1.165) is 31.2 Å². The minimum Gasteiger partial charge on any atom is -0.496 e. The first-order valence-corrected chi connectivity index (χ1v) is 21.4. The van der Waals surface area contributed by atoms with Crippen LogP contribution in [0.25, 0.3) is 22.3 Å². The third-order valence-electron chi connectivity index (χ3n) is 11.4. The number of carbonyl (C=O) groups excluding carboxylic acids is 5. The van der Waals surface area contributed by atoms with Crippen molar-refractivity contribution in [3.05, 3.63) is 41.8 Å². The van der Waals surface area contributed by atoms with Gasteiger partial charge in [-0.2, -0.15) is 0 Å². The topological polar surface area (TPSA) is 187 Å². The van der Waals surface area contributed by atoms with Gasteiger partial charge in [0, 0.05) is 41.2 Å². The molecule has 324 valence electrons. The predicted molar refractivity (Wildman–Crippen MR) is 228 cm³/mol. The molecule has 3 aliphatic rings. The van der Waals surface area contributed by atoms with E-state index in [2.05, 4.69) is 27.5 Å². The molecule has 0 bridgehead atoms. The number of alkyl carbamates (subject to hydrolysis) is 1. The van der Waals surface area contributed by atoms with Crippen molar-refractivity contribution in [3.63, 3.8) is 0 Å². The number of aromatic nitrogens is 2. The Morgan fingerprint density at radius 1 is 1.02 bits per heavy atom. The van der Waals surface area contributed by atoms with Crippen molar-refractivity contribution >= 4 is 57.2 Å². The molecule has 2 aliphatic carbocycles. The smallest absolute Gasteiger partial charge is 0.408 e. The Morgan fingerprint density at radius 2 is 1.73 bits per heavy atom. The quantitative estimate of drug-likeness (QED) is 0.123. The van der Waals surface area contributed by atoms with Gasteiger partial charge >= 0.3 is 12.1 Å². The first-order valence-electron chi connectivity index (χ1n) is 20.5. The van der Waals surface area contributed by atoms with Crippen LogP contribution in [0.15, 0.2) is 36.2 Å². The number of methoxy groups -OCH3 is 2. The van der Waals surface area contributed by atoms with Gasteiger partial charge in [-0.1, -0.05) is 47.6 Å². The number of esters is 1. The second kappa shape index (κ2) is 17.4. The van der Waals surface area contributed by atoms with Gasteiger partial charge in [-0.15, -0.1) is 17.9 Å². The lowest BCUT2D eigenvalue weighted by Gasteiger charge is -2.35. The molecule has 0 spiro atoms. The van der Waals surface area contributed by atoms with Gasteiger partial charge in [0.2, 0.25) is 17.7 Å². The molecule has 0 radical (unpaired) electrons. The van der Waals surface area contributed by atoms with Crippen molar-refractivity contribution in [2.75, 3.05) is 26.1 Å². The molecule has 1 saturated heterocycles. The van der Waals surface area contributed by atoms with Gasteiger partial charge < -0.3 is 39.8 Å². The molecule has 15 nitrogen and oxygen atoms in total. The Labute approximate surface area is 355 Å². The maximum absolute atomic E-state index is 14.7.